The molecule has 0 aliphatic carbocycles. The third kappa shape index (κ3) is 1.74. The average molecular weight is 278 g/mol. The van der Waals surface area contributed by atoms with Gasteiger partial charge in [-0.3, -0.25) is 4.79 Å². The highest BCUT2D eigenvalue weighted by Crippen LogP contribution is 2.44. The molecule has 5 nitrogen and oxygen atoms in total. The number of carbonyl (C=O) groups excluding carboxylic acids is 1. The predicted molar refractivity (Wildman–Crippen MR) is 72.6 cm³/mol. The molecule has 2 heterocycles. The Kier molecular flexibility index (Phi) is 2.63. The minimum absolute atomic E-state index is 0.240. The van der Waals surface area contributed by atoms with Gasteiger partial charge >= 0.3 is 5.97 Å². The van der Waals surface area contributed by atoms with Crippen LogP contribution in [0, 0.1) is 5.92 Å². The molecule has 0 saturated carbocycles. The predicted octanol–water partition coefficient (Wildman–Crippen LogP) is 1.10. The van der Waals surface area contributed by atoms with Gasteiger partial charge in [0.1, 0.15) is 11.7 Å². The summed E-state index contributed by atoms with van der Waals surface area (Å²) < 4.78 is 10.9. The average Bonchev–Trinajstić information content (AvgIpc) is 2.36. The van der Waals surface area contributed by atoms with Crippen molar-refractivity contribution in [1.82, 2.24) is 10.6 Å². The van der Waals surface area contributed by atoms with E-state index < -0.39 is 11.6 Å². The number of thiocarbonyl (C=S) groups is 1. The second-order valence-corrected chi connectivity index (χ2v) is 5.23. The number of carbonyl (C=O) groups is 1. The smallest absolute Gasteiger partial charge is 0.317 e. The fourth-order valence-electron chi connectivity index (χ4n) is 2.77. The summed E-state index contributed by atoms with van der Waals surface area (Å²) in [5.74, 6) is -0.0822. The van der Waals surface area contributed by atoms with Crippen LogP contribution in [-0.2, 0) is 9.53 Å². The third-order valence-electron chi connectivity index (χ3n) is 3.61. The molecule has 2 bridgehead atoms. The van der Waals surface area contributed by atoms with Crippen LogP contribution in [0.3, 0.4) is 0 Å². The number of hydrogen-bond donors (Lipinski definition) is 2. The Morgan fingerprint density at radius 2 is 2.21 bits per heavy atom. The number of benzene rings is 1. The number of fused-ring (bicyclic) bond motifs is 4. The molecule has 0 spiro atoms. The zero-order valence-corrected chi connectivity index (χ0v) is 11.4. The van der Waals surface area contributed by atoms with E-state index in [-0.39, 0.29) is 12.0 Å². The van der Waals surface area contributed by atoms with Gasteiger partial charge in [-0.15, -0.1) is 0 Å². The molecule has 0 unspecified atom stereocenters. The minimum Gasteiger partial charge on any atom is -0.469 e. The maximum atomic E-state index is 12.1. The van der Waals surface area contributed by atoms with Gasteiger partial charge in [-0.05, 0) is 25.2 Å². The molecule has 2 N–H and O–H groups in total. The van der Waals surface area contributed by atoms with Crippen molar-refractivity contribution in [2.24, 2.45) is 5.92 Å². The first kappa shape index (κ1) is 12.2. The summed E-state index contributed by atoms with van der Waals surface area (Å²) >= 11 is 5.18. The highest BCUT2D eigenvalue weighted by Gasteiger charge is 2.55. The highest BCUT2D eigenvalue weighted by molar-refractivity contribution is 7.80. The molecule has 19 heavy (non-hydrogen) atoms. The third-order valence-corrected chi connectivity index (χ3v) is 3.83. The number of nitrogens with one attached hydrogen (secondary N) is 2. The highest BCUT2D eigenvalue weighted by atomic mass is 32.1. The van der Waals surface area contributed by atoms with Crippen molar-refractivity contribution >= 4 is 23.3 Å². The van der Waals surface area contributed by atoms with E-state index in [0.717, 1.165) is 11.3 Å². The van der Waals surface area contributed by atoms with E-state index in [9.17, 15) is 4.79 Å². The maximum Gasteiger partial charge on any atom is 0.317 e. The molecule has 1 saturated heterocycles. The largest absolute Gasteiger partial charge is 0.469 e. The second-order valence-electron chi connectivity index (χ2n) is 4.82. The van der Waals surface area contributed by atoms with Gasteiger partial charge < -0.3 is 20.1 Å². The van der Waals surface area contributed by atoms with Gasteiger partial charge in [0.15, 0.2) is 10.8 Å². The topological polar surface area (TPSA) is 59.6 Å². The Hall–Kier alpha value is -1.82. The molecule has 3 atom stereocenters. The van der Waals surface area contributed by atoms with Gasteiger partial charge in [-0.1, -0.05) is 18.2 Å². The summed E-state index contributed by atoms with van der Waals surface area (Å²) in [6, 6.07) is 7.37. The van der Waals surface area contributed by atoms with Crippen LogP contribution in [-0.4, -0.2) is 23.9 Å². The Morgan fingerprint density at radius 1 is 1.47 bits per heavy atom. The lowest BCUT2D eigenvalue weighted by molar-refractivity contribution is -0.159. The van der Waals surface area contributed by atoms with Crippen LogP contribution in [0.1, 0.15) is 18.5 Å². The molecule has 0 amide bonds. The van der Waals surface area contributed by atoms with Crippen LogP contribution >= 0.6 is 12.2 Å². The van der Waals surface area contributed by atoms with Crippen molar-refractivity contribution in [2.45, 2.75) is 18.7 Å². The Bertz CT molecular complexity index is 563. The van der Waals surface area contributed by atoms with E-state index in [0.29, 0.717) is 5.11 Å². The SMILES string of the molecule is COC(=O)[C@@H]1[C@@H]2NC(=S)N[C@]1(C)Oc1ccccc12. The number of esters is 1. The quantitative estimate of drug-likeness (QED) is 0.593. The van der Waals surface area contributed by atoms with Crippen molar-refractivity contribution in [3.8, 4) is 5.75 Å². The lowest BCUT2D eigenvalue weighted by atomic mass is 9.80. The van der Waals surface area contributed by atoms with E-state index in [1.165, 1.54) is 7.11 Å². The van der Waals surface area contributed by atoms with Crippen molar-refractivity contribution < 1.29 is 14.3 Å². The fourth-order valence-corrected chi connectivity index (χ4v) is 3.10. The molecule has 0 radical (unpaired) electrons. The summed E-state index contributed by atoms with van der Waals surface area (Å²) in [6.07, 6.45) is 0. The molecule has 6 heteroatoms. The van der Waals surface area contributed by atoms with Gasteiger partial charge in [0.2, 0.25) is 0 Å². The molecule has 1 aromatic carbocycles. The van der Waals surface area contributed by atoms with Gasteiger partial charge in [-0.2, -0.15) is 0 Å². The lowest BCUT2D eigenvalue weighted by Gasteiger charge is -2.49. The van der Waals surface area contributed by atoms with Gasteiger partial charge in [0.05, 0.1) is 13.2 Å². The van der Waals surface area contributed by atoms with E-state index in [1.807, 2.05) is 31.2 Å². The van der Waals surface area contributed by atoms with Crippen molar-refractivity contribution in [2.75, 3.05) is 7.11 Å². The van der Waals surface area contributed by atoms with Crippen molar-refractivity contribution in [3.05, 3.63) is 29.8 Å². The number of rotatable bonds is 1. The van der Waals surface area contributed by atoms with Crippen LogP contribution in [0.15, 0.2) is 24.3 Å². The molecule has 0 aromatic heterocycles. The molecule has 2 aliphatic rings. The fraction of sp³-hybridized carbons (Fsp3) is 0.385. The summed E-state index contributed by atoms with van der Waals surface area (Å²) in [5.41, 5.74) is 0.0216. The molecule has 3 rings (SSSR count). The van der Waals surface area contributed by atoms with E-state index in [4.69, 9.17) is 21.7 Å². The summed E-state index contributed by atoms with van der Waals surface area (Å²) in [6.45, 7) is 1.81. The van der Waals surface area contributed by atoms with Crippen molar-refractivity contribution in [1.29, 1.82) is 0 Å². The molecule has 2 aliphatic heterocycles. The Balaban J connectivity index is 2.14. The van der Waals surface area contributed by atoms with Gasteiger partial charge in [0.25, 0.3) is 0 Å². The Labute approximate surface area is 116 Å². The second kappa shape index (κ2) is 4.09. The monoisotopic (exact) mass is 278 g/mol. The van der Waals surface area contributed by atoms with Crippen molar-refractivity contribution in [3.63, 3.8) is 0 Å². The Morgan fingerprint density at radius 3 is 2.95 bits per heavy atom. The van der Waals surface area contributed by atoms with Crippen LogP contribution in [0.5, 0.6) is 5.75 Å². The van der Waals surface area contributed by atoms with E-state index >= 15 is 0 Å². The summed E-state index contributed by atoms with van der Waals surface area (Å²) in [5, 5.41) is 6.64. The molecular weight excluding hydrogens is 264 g/mol. The van der Waals surface area contributed by atoms with Crippen LogP contribution in [0.25, 0.3) is 0 Å². The standard InChI is InChI=1S/C13H14N2O3S/c1-13-9(11(16)17-2)10(14-12(19)15-13)7-5-3-4-6-8(7)18-13/h3-6,9-10H,1-2H3,(H2,14,15,19)/t9-,10+,13+/m0/s1. The van der Waals surface area contributed by atoms with Gasteiger partial charge in [-0.25, -0.2) is 0 Å². The maximum absolute atomic E-state index is 12.1. The molecule has 1 fully saturated rings. The first-order chi connectivity index (χ1) is 9.05. The lowest BCUT2D eigenvalue weighted by Crippen LogP contribution is -2.69. The van der Waals surface area contributed by atoms with Crippen LogP contribution in [0.4, 0.5) is 0 Å². The van der Waals surface area contributed by atoms with Gasteiger partial charge in [0, 0.05) is 5.56 Å². The number of hydrogen-bond acceptors (Lipinski definition) is 4. The zero-order chi connectivity index (χ0) is 13.6. The van der Waals surface area contributed by atoms with Crippen LogP contribution in [0.2, 0.25) is 0 Å². The first-order valence-corrected chi connectivity index (χ1v) is 6.40. The molecule has 100 valence electrons. The number of ether oxygens (including phenoxy) is 2. The molecule has 1 aromatic rings. The summed E-state index contributed by atoms with van der Waals surface area (Å²) in [4.78, 5) is 12.1. The van der Waals surface area contributed by atoms with E-state index in [1.54, 1.807) is 0 Å². The van der Waals surface area contributed by atoms with E-state index in [2.05, 4.69) is 10.6 Å². The zero-order valence-electron chi connectivity index (χ0n) is 10.6. The normalized spacial score (nSPS) is 31.4. The number of para-hydroxylation sites is 1. The van der Waals surface area contributed by atoms with Crippen LogP contribution < -0.4 is 15.4 Å². The number of methoxy groups -OCH3 is 1. The first-order valence-electron chi connectivity index (χ1n) is 5.99. The molecular formula is C13H14N2O3S. The summed E-state index contributed by atoms with van der Waals surface area (Å²) in [7, 11) is 1.38. The minimum atomic E-state index is -0.894.